The number of carbonyl (C=O) groups excluding carboxylic acids is 1. The van der Waals surface area contributed by atoms with Crippen LogP contribution < -0.4 is 9.47 Å². The van der Waals surface area contributed by atoms with Gasteiger partial charge in [-0.25, -0.2) is 0 Å². The summed E-state index contributed by atoms with van der Waals surface area (Å²) in [6.45, 7) is 1.09. The Morgan fingerprint density at radius 1 is 1.32 bits per heavy atom. The summed E-state index contributed by atoms with van der Waals surface area (Å²) < 4.78 is 10.4. The Bertz CT molecular complexity index is 459. The molecule has 1 aromatic rings. The summed E-state index contributed by atoms with van der Waals surface area (Å²) in [6.07, 6.45) is 2.86. The third-order valence-corrected chi connectivity index (χ3v) is 3.80. The molecule has 2 rings (SSSR count). The lowest BCUT2D eigenvalue weighted by Gasteiger charge is -2.18. The number of ketones is 1. The zero-order valence-electron chi connectivity index (χ0n) is 11.8. The fraction of sp³-hybridized carbons (Fsp3) is 0.533. The maximum atomic E-state index is 12.3. The highest BCUT2D eigenvalue weighted by molar-refractivity contribution is 5.97. The average molecular weight is 263 g/mol. The number of benzene rings is 1. The molecule has 1 aliphatic heterocycles. The number of hydrogen-bond acceptors (Lipinski definition) is 4. The summed E-state index contributed by atoms with van der Waals surface area (Å²) in [5.74, 6) is 1.42. The molecule has 1 unspecified atom stereocenters. The fourth-order valence-electron chi connectivity index (χ4n) is 2.58. The average Bonchev–Trinajstić information content (AvgIpc) is 2.83. The highest BCUT2D eigenvalue weighted by Crippen LogP contribution is 2.29. The van der Waals surface area contributed by atoms with Crippen LogP contribution in [0, 0.1) is 0 Å². The molecule has 0 aliphatic carbocycles. The second-order valence-electron chi connectivity index (χ2n) is 4.97. The van der Waals surface area contributed by atoms with E-state index in [0.29, 0.717) is 29.5 Å². The standard InChI is InChI=1S/C15H21NO3/c1-16-8-4-5-12(16)10-13(17)11-6-7-14(18-2)15(9-11)19-3/h6-7,9,12H,4-5,8,10H2,1-3H3. The smallest absolute Gasteiger partial charge is 0.164 e. The zero-order valence-corrected chi connectivity index (χ0v) is 11.8. The number of methoxy groups -OCH3 is 2. The zero-order chi connectivity index (χ0) is 13.8. The number of rotatable bonds is 5. The molecule has 1 aliphatic rings. The molecular formula is C15H21NO3. The second kappa shape index (κ2) is 6.06. The van der Waals surface area contributed by atoms with E-state index < -0.39 is 0 Å². The number of nitrogens with zero attached hydrogens (tertiary/aromatic N) is 1. The molecule has 0 saturated carbocycles. The van der Waals surface area contributed by atoms with Gasteiger partial charge < -0.3 is 14.4 Å². The van der Waals surface area contributed by atoms with Crippen LogP contribution in [0.5, 0.6) is 11.5 Å². The maximum Gasteiger partial charge on any atom is 0.164 e. The Hall–Kier alpha value is -1.55. The van der Waals surface area contributed by atoms with Gasteiger partial charge in [-0.05, 0) is 44.6 Å². The molecule has 4 heteroatoms. The van der Waals surface area contributed by atoms with E-state index in [-0.39, 0.29) is 5.78 Å². The summed E-state index contributed by atoms with van der Waals surface area (Å²) in [4.78, 5) is 14.6. The molecule has 104 valence electrons. The first-order valence-corrected chi connectivity index (χ1v) is 6.61. The summed E-state index contributed by atoms with van der Waals surface area (Å²) in [5, 5.41) is 0. The van der Waals surface area contributed by atoms with E-state index in [9.17, 15) is 4.79 Å². The van der Waals surface area contributed by atoms with Gasteiger partial charge in [0.1, 0.15) is 0 Å². The van der Waals surface area contributed by atoms with Crippen LogP contribution in [0.25, 0.3) is 0 Å². The predicted molar refractivity (Wildman–Crippen MR) is 74.1 cm³/mol. The van der Waals surface area contributed by atoms with Gasteiger partial charge in [-0.1, -0.05) is 0 Å². The monoisotopic (exact) mass is 263 g/mol. The van der Waals surface area contributed by atoms with Crippen molar-refractivity contribution in [2.24, 2.45) is 0 Å². The van der Waals surface area contributed by atoms with Crippen molar-refractivity contribution in [1.29, 1.82) is 0 Å². The first-order chi connectivity index (χ1) is 9.15. The van der Waals surface area contributed by atoms with Crippen LogP contribution in [0.3, 0.4) is 0 Å². The molecule has 1 heterocycles. The Labute approximate surface area is 114 Å². The fourth-order valence-corrected chi connectivity index (χ4v) is 2.58. The molecular weight excluding hydrogens is 242 g/mol. The van der Waals surface area contributed by atoms with E-state index >= 15 is 0 Å². The molecule has 0 radical (unpaired) electrons. The van der Waals surface area contributed by atoms with E-state index in [1.165, 1.54) is 6.42 Å². The lowest BCUT2D eigenvalue weighted by atomic mass is 10.0. The van der Waals surface area contributed by atoms with Gasteiger partial charge in [0.2, 0.25) is 0 Å². The molecule has 1 aromatic carbocycles. The van der Waals surface area contributed by atoms with Crippen molar-refractivity contribution in [3.8, 4) is 11.5 Å². The topological polar surface area (TPSA) is 38.8 Å². The number of carbonyl (C=O) groups is 1. The van der Waals surface area contributed by atoms with Crippen LogP contribution in [0.1, 0.15) is 29.6 Å². The van der Waals surface area contributed by atoms with Gasteiger partial charge in [0.15, 0.2) is 17.3 Å². The lowest BCUT2D eigenvalue weighted by Crippen LogP contribution is -2.27. The molecule has 1 fully saturated rings. The molecule has 0 spiro atoms. The van der Waals surface area contributed by atoms with Crippen LogP contribution in [0.4, 0.5) is 0 Å². The highest BCUT2D eigenvalue weighted by Gasteiger charge is 2.24. The van der Waals surface area contributed by atoms with Gasteiger partial charge in [-0.2, -0.15) is 0 Å². The first-order valence-electron chi connectivity index (χ1n) is 6.61. The minimum atomic E-state index is 0.166. The van der Waals surface area contributed by atoms with Crippen LogP contribution in [-0.4, -0.2) is 44.5 Å². The van der Waals surface area contributed by atoms with E-state index in [2.05, 4.69) is 11.9 Å². The van der Waals surface area contributed by atoms with Gasteiger partial charge in [-0.3, -0.25) is 4.79 Å². The van der Waals surface area contributed by atoms with Crippen LogP contribution in [-0.2, 0) is 0 Å². The van der Waals surface area contributed by atoms with E-state index in [1.807, 2.05) is 0 Å². The summed E-state index contributed by atoms with van der Waals surface area (Å²) in [7, 11) is 5.25. The van der Waals surface area contributed by atoms with E-state index in [4.69, 9.17) is 9.47 Å². The molecule has 0 N–H and O–H groups in total. The van der Waals surface area contributed by atoms with Crippen molar-refractivity contribution >= 4 is 5.78 Å². The molecule has 1 saturated heterocycles. The molecule has 0 aromatic heterocycles. The SMILES string of the molecule is COc1ccc(C(=O)CC2CCCN2C)cc1OC. The Morgan fingerprint density at radius 3 is 2.63 bits per heavy atom. The van der Waals surface area contributed by atoms with Gasteiger partial charge >= 0.3 is 0 Å². The number of ether oxygens (including phenoxy) is 2. The van der Waals surface area contributed by atoms with Crippen LogP contribution >= 0.6 is 0 Å². The Morgan fingerprint density at radius 2 is 2.05 bits per heavy atom. The molecule has 1 atom stereocenters. The Balaban J connectivity index is 2.10. The van der Waals surface area contributed by atoms with Crippen molar-refractivity contribution in [1.82, 2.24) is 4.90 Å². The molecule has 4 nitrogen and oxygen atoms in total. The van der Waals surface area contributed by atoms with Crippen molar-refractivity contribution < 1.29 is 14.3 Å². The lowest BCUT2D eigenvalue weighted by molar-refractivity contribution is 0.0950. The summed E-state index contributed by atoms with van der Waals surface area (Å²) in [6, 6.07) is 5.72. The Kier molecular flexibility index (Phi) is 4.43. The summed E-state index contributed by atoms with van der Waals surface area (Å²) in [5.41, 5.74) is 0.693. The third-order valence-electron chi connectivity index (χ3n) is 3.80. The van der Waals surface area contributed by atoms with Crippen molar-refractivity contribution in [2.75, 3.05) is 27.8 Å². The quantitative estimate of drug-likeness (QED) is 0.765. The molecule has 19 heavy (non-hydrogen) atoms. The maximum absolute atomic E-state index is 12.3. The second-order valence-corrected chi connectivity index (χ2v) is 4.97. The van der Waals surface area contributed by atoms with Crippen molar-refractivity contribution in [3.63, 3.8) is 0 Å². The number of hydrogen-bond donors (Lipinski definition) is 0. The minimum Gasteiger partial charge on any atom is -0.493 e. The normalized spacial score (nSPS) is 19.4. The van der Waals surface area contributed by atoms with Gasteiger partial charge in [0, 0.05) is 18.0 Å². The summed E-state index contributed by atoms with van der Waals surface area (Å²) >= 11 is 0. The van der Waals surface area contributed by atoms with E-state index in [1.54, 1.807) is 32.4 Å². The first kappa shape index (κ1) is 13.9. The van der Waals surface area contributed by atoms with Gasteiger partial charge in [0.05, 0.1) is 14.2 Å². The molecule has 0 amide bonds. The van der Waals surface area contributed by atoms with Crippen LogP contribution in [0.2, 0.25) is 0 Å². The number of likely N-dealkylation sites (tertiary alicyclic amines) is 1. The van der Waals surface area contributed by atoms with Crippen molar-refractivity contribution in [2.45, 2.75) is 25.3 Å². The predicted octanol–water partition coefficient (Wildman–Crippen LogP) is 2.37. The van der Waals surface area contributed by atoms with Crippen molar-refractivity contribution in [3.05, 3.63) is 23.8 Å². The highest BCUT2D eigenvalue weighted by atomic mass is 16.5. The van der Waals surface area contributed by atoms with Gasteiger partial charge in [-0.15, -0.1) is 0 Å². The largest absolute Gasteiger partial charge is 0.493 e. The van der Waals surface area contributed by atoms with Crippen LogP contribution in [0.15, 0.2) is 18.2 Å². The number of Topliss-reactive ketones (excluding diaryl/α,β-unsaturated/α-hetero) is 1. The molecule has 0 bridgehead atoms. The minimum absolute atomic E-state index is 0.166. The van der Waals surface area contributed by atoms with Gasteiger partial charge in [0.25, 0.3) is 0 Å². The van der Waals surface area contributed by atoms with E-state index in [0.717, 1.165) is 13.0 Å². The third kappa shape index (κ3) is 3.07.